The summed E-state index contributed by atoms with van der Waals surface area (Å²) >= 11 is 0. The lowest BCUT2D eigenvalue weighted by Crippen LogP contribution is -2.36. The van der Waals surface area contributed by atoms with Gasteiger partial charge in [0.25, 0.3) is 0 Å². The van der Waals surface area contributed by atoms with Crippen molar-refractivity contribution in [2.45, 2.75) is 286 Å². The number of nitrogens with two attached hydrogens (primary N) is 2. The van der Waals surface area contributed by atoms with E-state index in [-0.39, 0.29) is 86.6 Å². The molecule has 0 bridgehead atoms. The molecule has 0 spiro atoms. The average molecular weight is 2010 g/mol. The minimum atomic E-state index is -3.13. The SMILES string of the molecule is CC(=O)NC1(c2ccc(C)cc2)CC1.COCC1(c2ccc(C)cc2)CC1.Cc1ccc(C2(CC(=O)N(C)C)CC2)cc1.Cc1ccc(C2(CC(N)=O)CC2)cc1.Cc1ccc(C2(CN3CCNC3=O)CC2)cc1.Cc1ccc(C2(CO)CC2)cc1.Cc1ccc(C2(Cn3ccnc3C)CC2)cc1.Cc1ccc(C2(NCC(N)=O)CC2)cc1.Cc1ccc(C2(NCCO)CC2)cc1.Cc1ccc(C2(NS(C)(=O)=O)CC2)cc1. The summed E-state index contributed by atoms with van der Waals surface area (Å²) < 4.78 is 32.7. The molecule has 784 valence electrons. The molecule has 11 aromatic rings. The normalized spacial score (nSPS) is 18.3. The molecule has 0 atom stereocenters. The second-order valence-electron chi connectivity index (χ2n) is 44.7. The number of amides is 6. The van der Waals surface area contributed by atoms with Gasteiger partial charge in [0.15, 0.2) is 0 Å². The number of nitrogens with zero attached hydrogens (tertiary/aromatic N) is 4. The standard InChI is InChI=1S/C15H18N2.C14H18N2O.C14H19NO.C12H16N2O.C12H15NO.C12H17NO.C12H15NO.C12H16O.C11H15NO2S.C11H14O/c1-12-3-5-14(6-4-12)15(7-8-15)11-17-10-9-16-13(17)2;1-11-2-4-12(5-3-11)14(6-7-14)10-16-9-8-15-13(16)17;1-11-4-6-12(7-5-11)14(8-9-14)10-13(16)15(2)3;1-9-2-4-10(5-3-9)12(6-7-12)14-8-11(13)15;1-9-3-5-11(6-4-9)12(7-8-12)13-10(2)14;1-10-2-4-11(5-3-10)12(6-7-12)13-8-9-14;1-9-2-4-10(5-3-9)12(6-7-12)8-11(13)14;1-10-3-5-11(6-4-10)12(7-8-12)9-13-2;1-9-3-5-10(6-4-9)11(7-8-11)12-15(2,13)14;1-9-2-4-10(5-3-9)11(8-12)6-7-11/h3-6,9-10H,7-8,11H2,1-2H3;2-5H,6-10H2,1H3,(H,15,17);4-7H,8-10H2,1-3H3;2-5,14H,6-8H2,1H3,(H2,13,15);3-6H,7-8H2,1-2H3,(H,13,14);2-5,13-14H,6-9H2,1H3;2-5H,6-8H2,1H3,(H2,13,14);3-6H,7-9H2,1-2H3;3-6,12H,7-8H2,1-2H3;2-5,12H,6-8H2,1H3. The molecule has 1 aromatic heterocycles. The van der Waals surface area contributed by atoms with Crippen molar-refractivity contribution in [3.8, 4) is 0 Å². The largest absolute Gasteiger partial charge is 0.395 e. The molecule has 0 unspecified atom stereocenters. The van der Waals surface area contributed by atoms with E-state index in [9.17, 15) is 37.5 Å². The van der Waals surface area contributed by atoms with Gasteiger partial charge in [0.1, 0.15) is 5.82 Å². The summed E-state index contributed by atoms with van der Waals surface area (Å²) in [5.41, 5.74) is 37.5. The number of aliphatic hydroxyl groups is 2. The van der Waals surface area contributed by atoms with Crippen LogP contribution in [0.5, 0.6) is 0 Å². The minimum Gasteiger partial charge on any atom is -0.395 e. The van der Waals surface area contributed by atoms with E-state index in [2.05, 4.69) is 329 Å². The number of sulfonamides is 1. The van der Waals surface area contributed by atoms with Crippen LogP contribution in [0.2, 0.25) is 0 Å². The molecule has 11 N–H and O–H groups in total. The molecule has 22 heteroatoms. The Balaban J connectivity index is 0.000000137. The molecule has 6 amide bonds. The molecule has 2 heterocycles. The molecular formula is C125H163N11O10S. The molecule has 22 rings (SSSR count). The van der Waals surface area contributed by atoms with E-state index in [1.807, 2.05) is 56.4 Å². The van der Waals surface area contributed by atoms with Crippen LogP contribution in [0, 0.1) is 76.2 Å². The summed E-state index contributed by atoms with van der Waals surface area (Å²) in [6.45, 7) is 30.5. The first-order valence-electron chi connectivity index (χ1n) is 53.0. The van der Waals surface area contributed by atoms with Crippen molar-refractivity contribution in [1.29, 1.82) is 0 Å². The summed E-state index contributed by atoms with van der Waals surface area (Å²) in [6, 6.07) is 85.8. The predicted octanol–water partition coefficient (Wildman–Crippen LogP) is 20.7. The van der Waals surface area contributed by atoms with Crippen molar-refractivity contribution in [3.05, 3.63) is 372 Å². The quantitative estimate of drug-likeness (QED) is 0.0203. The van der Waals surface area contributed by atoms with Crippen LogP contribution < -0.4 is 37.5 Å². The Labute approximate surface area is 875 Å². The van der Waals surface area contributed by atoms with Crippen LogP contribution in [-0.2, 0) is 95.1 Å². The van der Waals surface area contributed by atoms with Crippen LogP contribution in [0.4, 0.5) is 4.79 Å². The zero-order chi connectivity index (χ0) is 106. The number of ether oxygens (including phenoxy) is 1. The van der Waals surface area contributed by atoms with Gasteiger partial charge in [-0.3, -0.25) is 24.5 Å². The third-order valence-corrected chi connectivity index (χ3v) is 32.3. The highest BCUT2D eigenvalue weighted by molar-refractivity contribution is 7.88. The third-order valence-electron chi connectivity index (χ3n) is 31.6. The van der Waals surface area contributed by atoms with E-state index >= 15 is 0 Å². The van der Waals surface area contributed by atoms with Gasteiger partial charge in [0.2, 0.25) is 33.7 Å². The third kappa shape index (κ3) is 31.9. The zero-order valence-corrected chi connectivity index (χ0v) is 91.0. The van der Waals surface area contributed by atoms with Crippen LogP contribution >= 0.6 is 0 Å². The minimum absolute atomic E-state index is 0.0166. The monoisotopic (exact) mass is 2010 g/mol. The summed E-state index contributed by atoms with van der Waals surface area (Å²) in [7, 11) is 2.31. The first-order valence-corrected chi connectivity index (χ1v) is 54.9. The van der Waals surface area contributed by atoms with Gasteiger partial charge in [-0.25, -0.2) is 22.9 Å². The molecule has 21 nitrogen and oxygen atoms in total. The van der Waals surface area contributed by atoms with E-state index in [1.54, 1.807) is 18.9 Å². The summed E-state index contributed by atoms with van der Waals surface area (Å²) in [6.07, 6.45) is 29.2. The molecule has 10 aromatic carbocycles. The number of urea groups is 1. The predicted molar refractivity (Wildman–Crippen MR) is 593 cm³/mol. The summed E-state index contributed by atoms with van der Waals surface area (Å²) in [4.78, 5) is 63.9. The number of nitrogens with one attached hydrogen (secondary N) is 5. The number of aryl methyl sites for hydroxylation is 11. The van der Waals surface area contributed by atoms with Crippen LogP contribution in [0.3, 0.4) is 0 Å². The lowest BCUT2D eigenvalue weighted by Gasteiger charge is -2.22. The van der Waals surface area contributed by atoms with Gasteiger partial charge in [-0.05, 0) is 260 Å². The van der Waals surface area contributed by atoms with Crippen LogP contribution in [0.25, 0.3) is 0 Å². The number of aliphatic hydroxyl groups excluding tert-OH is 2. The summed E-state index contributed by atoms with van der Waals surface area (Å²) in [5, 5.41) is 30.5. The van der Waals surface area contributed by atoms with E-state index in [0.29, 0.717) is 36.8 Å². The number of primary amides is 2. The molecule has 10 saturated carbocycles. The smallest absolute Gasteiger partial charge is 0.317 e. The van der Waals surface area contributed by atoms with E-state index in [4.69, 9.17) is 21.3 Å². The highest BCUT2D eigenvalue weighted by atomic mass is 32.2. The van der Waals surface area contributed by atoms with Crippen molar-refractivity contribution in [3.63, 3.8) is 0 Å². The number of carbonyl (C=O) groups excluding carboxylic acids is 5. The Bertz CT molecular complexity index is 6190. The molecule has 10 aliphatic carbocycles. The van der Waals surface area contributed by atoms with Crippen LogP contribution in [-0.4, -0.2) is 148 Å². The zero-order valence-electron chi connectivity index (χ0n) is 90.2. The Morgan fingerprint density at radius 1 is 0.401 bits per heavy atom. The van der Waals surface area contributed by atoms with Crippen molar-refractivity contribution in [1.82, 2.24) is 45.3 Å². The lowest BCUT2D eigenvalue weighted by molar-refractivity contribution is -0.129. The molecular weight excluding hydrogens is 1850 g/mol. The Hall–Kier alpha value is -11.7. The van der Waals surface area contributed by atoms with Gasteiger partial charge < -0.3 is 56.7 Å². The molecule has 11 aliphatic rings. The van der Waals surface area contributed by atoms with Crippen molar-refractivity contribution < 1.29 is 47.3 Å². The fourth-order valence-corrected chi connectivity index (χ4v) is 20.9. The van der Waals surface area contributed by atoms with Crippen molar-refractivity contribution in [2.24, 2.45) is 11.5 Å². The maximum atomic E-state index is 11.8. The number of carbonyl (C=O) groups is 5. The van der Waals surface area contributed by atoms with Gasteiger partial charge >= 0.3 is 6.03 Å². The van der Waals surface area contributed by atoms with E-state index in [0.717, 1.165) is 121 Å². The molecule has 147 heavy (non-hydrogen) atoms. The second-order valence-corrected chi connectivity index (χ2v) is 46.4. The van der Waals surface area contributed by atoms with Crippen molar-refractivity contribution in [2.75, 3.05) is 80.0 Å². The van der Waals surface area contributed by atoms with Gasteiger partial charge in [0, 0.05) is 130 Å². The van der Waals surface area contributed by atoms with Gasteiger partial charge in [-0.15, -0.1) is 0 Å². The van der Waals surface area contributed by atoms with E-state index < -0.39 is 10.0 Å². The number of methoxy groups -OCH3 is 1. The number of rotatable bonds is 30. The first kappa shape index (κ1) is 112. The maximum absolute atomic E-state index is 11.8. The van der Waals surface area contributed by atoms with Gasteiger partial charge in [0.05, 0.1) is 43.7 Å². The highest BCUT2D eigenvalue weighted by Gasteiger charge is 2.52. The van der Waals surface area contributed by atoms with Gasteiger partial charge in [-0.1, -0.05) is 298 Å². The fraction of sp³-hybridized carbons (Fsp3) is 0.456. The number of hydrogen-bond acceptors (Lipinski definition) is 13. The first-order chi connectivity index (χ1) is 70.0. The number of aromatic nitrogens is 2. The number of imidazole rings is 1. The fourth-order valence-electron chi connectivity index (χ4n) is 19.9. The maximum Gasteiger partial charge on any atom is 0.317 e. The van der Waals surface area contributed by atoms with E-state index in [1.165, 1.54) is 163 Å². The van der Waals surface area contributed by atoms with Gasteiger partial charge in [-0.2, -0.15) is 0 Å². The molecule has 11 fully saturated rings. The Kier molecular flexibility index (Phi) is 37.3. The lowest BCUT2D eigenvalue weighted by atomic mass is 9.91. The Morgan fingerprint density at radius 3 is 0.966 bits per heavy atom. The summed E-state index contributed by atoms with van der Waals surface area (Å²) in [5.74, 6) is 0.918. The topological polar surface area (TPSA) is 306 Å². The van der Waals surface area contributed by atoms with Crippen LogP contribution in [0.1, 0.15) is 265 Å². The Morgan fingerprint density at radius 2 is 0.701 bits per heavy atom. The molecule has 1 saturated heterocycles. The number of benzene rings is 10. The number of hydrogen-bond donors (Lipinski definition) is 9. The average Bonchev–Trinajstić information content (AvgIpc) is 1.60. The molecule has 1 aliphatic heterocycles. The van der Waals surface area contributed by atoms with Crippen molar-refractivity contribution >= 4 is 39.7 Å². The molecule has 0 radical (unpaired) electrons. The second kappa shape index (κ2) is 48.7. The van der Waals surface area contributed by atoms with Crippen LogP contribution in [0.15, 0.2) is 255 Å². The highest BCUT2D eigenvalue weighted by Crippen LogP contribution is 2.56.